The summed E-state index contributed by atoms with van der Waals surface area (Å²) >= 11 is 5.80. The normalized spacial score (nSPS) is 15.4. The Bertz CT molecular complexity index is 318. The van der Waals surface area contributed by atoms with Crippen molar-refractivity contribution < 1.29 is 0 Å². The van der Waals surface area contributed by atoms with Gasteiger partial charge in [-0.05, 0) is 36.5 Å². The average Bonchev–Trinajstić information content (AvgIpc) is 2.28. The average molecular weight is 180 g/mol. The Balaban J connectivity index is 2.42. The summed E-state index contributed by atoms with van der Waals surface area (Å²) in [4.78, 5) is 4.07. The molecule has 1 aliphatic rings. The van der Waals surface area contributed by atoms with E-state index in [2.05, 4.69) is 17.1 Å². The van der Waals surface area contributed by atoms with Crippen molar-refractivity contribution in [1.82, 2.24) is 4.98 Å². The molecular formula is C10H10ClN. The van der Waals surface area contributed by atoms with Crippen molar-refractivity contribution in [1.29, 1.82) is 0 Å². The van der Waals surface area contributed by atoms with Gasteiger partial charge in [-0.15, -0.1) is 0 Å². The van der Waals surface area contributed by atoms with Gasteiger partial charge in [0.2, 0.25) is 0 Å². The molecule has 0 saturated carbocycles. The van der Waals surface area contributed by atoms with Crippen molar-refractivity contribution in [2.45, 2.75) is 19.3 Å². The first-order chi connectivity index (χ1) is 5.86. The maximum Gasteiger partial charge on any atom is 0.129 e. The molecule has 1 nitrogen and oxygen atoms in total. The monoisotopic (exact) mass is 179 g/mol. The molecule has 62 valence electrons. The van der Waals surface area contributed by atoms with Gasteiger partial charge in [0.05, 0.1) is 0 Å². The van der Waals surface area contributed by atoms with E-state index < -0.39 is 0 Å². The predicted octanol–water partition coefficient (Wildman–Crippen LogP) is 2.78. The van der Waals surface area contributed by atoms with Crippen LogP contribution in [0.3, 0.4) is 0 Å². The van der Waals surface area contributed by atoms with Crippen LogP contribution in [-0.2, 0) is 12.8 Å². The van der Waals surface area contributed by atoms with Gasteiger partial charge in [-0.25, -0.2) is 4.98 Å². The Morgan fingerprint density at radius 1 is 1.25 bits per heavy atom. The van der Waals surface area contributed by atoms with Crippen molar-refractivity contribution in [3.05, 3.63) is 40.7 Å². The second kappa shape index (κ2) is 3.28. The Kier molecular flexibility index (Phi) is 2.13. The molecule has 2 heteroatoms. The quantitative estimate of drug-likeness (QED) is 0.441. The number of hydrogen-bond acceptors (Lipinski definition) is 1. The number of aryl methyl sites for hydroxylation is 1. The van der Waals surface area contributed by atoms with Gasteiger partial charge >= 0.3 is 0 Å². The molecule has 0 atom stereocenters. The van der Waals surface area contributed by atoms with Gasteiger partial charge in [0, 0.05) is 6.20 Å². The zero-order valence-corrected chi connectivity index (χ0v) is 7.51. The summed E-state index contributed by atoms with van der Waals surface area (Å²) in [6.45, 7) is 0. The molecule has 0 bridgehead atoms. The highest BCUT2D eigenvalue weighted by Gasteiger charge is 2.04. The van der Waals surface area contributed by atoms with E-state index in [0.29, 0.717) is 5.15 Å². The Morgan fingerprint density at radius 3 is 3.08 bits per heavy atom. The fourth-order valence-electron chi connectivity index (χ4n) is 1.48. The number of halogens is 1. The molecule has 2 rings (SSSR count). The van der Waals surface area contributed by atoms with E-state index in [0.717, 1.165) is 19.3 Å². The minimum atomic E-state index is 0.607. The minimum absolute atomic E-state index is 0.607. The fourth-order valence-corrected chi connectivity index (χ4v) is 1.66. The molecule has 1 aliphatic carbocycles. The van der Waals surface area contributed by atoms with Gasteiger partial charge < -0.3 is 0 Å². The maximum absolute atomic E-state index is 5.80. The predicted molar refractivity (Wildman–Crippen MR) is 50.4 cm³/mol. The van der Waals surface area contributed by atoms with Crippen LogP contribution in [0.1, 0.15) is 17.5 Å². The summed E-state index contributed by atoms with van der Waals surface area (Å²) in [5.74, 6) is 0. The summed E-state index contributed by atoms with van der Waals surface area (Å²) < 4.78 is 0. The third kappa shape index (κ3) is 1.51. The van der Waals surface area contributed by atoms with E-state index in [1.54, 1.807) is 0 Å². The highest BCUT2D eigenvalue weighted by atomic mass is 35.5. The molecule has 0 spiro atoms. The van der Waals surface area contributed by atoms with Crippen LogP contribution in [0, 0.1) is 0 Å². The number of pyridine rings is 1. The Labute approximate surface area is 77.1 Å². The molecule has 0 aromatic carbocycles. The number of hydrogen-bond donors (Lipinski definition) is 0. The van der Waals surface area contributed by atoms with Crippen LogP contribution >= 0.6 is 11.6 Å². The minimum Gasteiger partial charge on any atom is -0.244 e. The highest BCUT2D eigenvalue weighted by molar-refractivity contribution is 6.29. The first-order valence-electron chi connectivity index (χ1n) is 4.14. The van der Waals surface area contributed by atoms with Gasteiger partial charge in [-0.2, -0.15) is 0 Å². The van der Waals surface area contributed by atoms with Crippen LogP contribution < -0.4 is 0 Å². The van der Waals surface area contributed by atoms with Crippen LogP contribution in [0.15, 0.2) is 24.4 Å². The first kappa shape index (κ1) is 7.81. The summed E-state index contributed by atoms with van der Waals surface area (Å²) in [7, 11) is 0. The van der Waals surface area contributed by atoms with E-state index in [-0.39, 0.29) is 0 Å². The Hall–Kier alpha value is -0.820. The molecule has 1 heterocycles. The van der Waals surface area contributed by atoms with Gasteiger partial charge in [-0.3, -0.25) is 0 Å². The third-order valence-electron chi connectivity index (χ3n) is 2.13. The van der Waals surface area contributed by atoms with Crippen LogP contribution in [-0.4, -0.2) is 4.98 Å². The molecule has 0 amide bonds. The lowest BCUT2D eigenvalue weighted by atomic mass is 10.1. The lowest BCUT2D eigenvalue weighted by Crippen LogP contribution is -1.92. The van der Waals surface area contributed by atoms with Crippen LogP contribution in [0.2, 0.25) is 5.15 Å². The smallest absolute Gasteiger partial charge is 0.129 e. The topological polar surface area (TPSA) is 12.9 Å². The van der Waals surface area contributed by atoms with E-state index in [1.807, 2.05) is 12.3 Å². The summed E-state index contributed by atoms with van der Waals surface area (Å²) in [5, 5.41) is 0.607. The van der Waals surface area contributed by atoms with E-state index in [9.17, 15) is 0 Å². The second-order valence-corrected chi connectivity index (χ2v) is 3.38. The van der Waals surface area contributed by atoms with Gasteiger partial charge in [0.15, 0.2) is 0 Å². The zero-order valence-electron chi connectivity index (χ0n) is 6.76. The van der Waals surface area contributed by atoms with Crippen LogP contribution in [0.4, 0.5) is 0 Å². The maximum atomic E-state index is 5.80. The summed E-state index contributed by atoms with van der Waals surface area (Å²) in [6.07, 6.45) is 9.50. The van der Waals surface area contributed by atoms with Gasteiger partial charge in [0.25, 0.3) is 0 Å². The molecule has 12 heavy (non-hydrogen) atoms. The van der Waals surface area contributed by atoms with Gasteiger partial charge in [0.1, 0.15) is 5.15 Å². The number of allylic oxidation sites excluding steroid dienone is 2. The molecule has 0 fully saturated rings. The molecule has 0 radical (unpaired) electrons. The highest BCUT2D eigenvalue weighted by Crippen LogP contribution is 2.18. The summed E-state index contributed by atoms with van der Waals surface area (Å²) in [6, 6.07) is 1.98. The number of nitrogens with zero attached hydrogens (tertiary/aromatic N) is 1. The lowest BCUT2D eigenvalue weighted by molar-refractivity contribution is 0.990. The largest absolute Gasteiger partial charge is 0.244 e. The third-order valence-corrected chi connectivity index (χ3v) is 2.34. The summed E-state index contributed by atoms with van der Waals surface area (Å²) in [5.41, 5.74) is 2.66. The van der Waals surface area contributed by atoms with Crippen molar-refractivity contribution in [2.75, 3.05) is 0 Å². The molecule has 0 saturated heterocycles. The fraction of sp³-hybridized carbons (Fsp3) is 0.300. The standard InChI is InChI=1S/C10H10ClN/c11-10-6-8-4-2-1-3-5-9(8)7-12-10/h1,3,6-7H,2,4-5H2. The molecule has 1 aromatic heterocycles. The molecule has 0 N–H and O–H groups in total. The number of aromatic nitrogens is 1. The SMILES string of the molecule is Clc1cc2c(cn1)CC=CCC2. The Morgan fingerprint density at radius 2 is 2.17 bits per heavy atom. The number of rotatable bonds is 0. The van der Waals surface area contributed by atoms with Crippen LogP contribution in [0.5, 0.6) is 0 Å². The van der Waals surface area contributed by atoms with Gasteiger partial charge in [-0.1, -0.05) is 23.8 Å². The molecule has 0 aliphatic heterocycles. The number of fused-ring (bicyclic) bond motifs is 1. The van der Waals surface area contributed by atoms with E-state index >= 15 is 0 Å². The van der Waals surface area contributed by atoms with Crippen molar-refractivity contribution in [3.8, 4) is 0 Å². The van der Waals surface area contributed by atoms with Crippen molar-refractivity contribution in [3.63, 3.8) is 0 Å². The van der Waals surface area contributed by atoms with Crippen molar-refractivity contribution >= 4 is 11.6 Å². The van der Waals surface area contributed by atoms with Crippen molar-refractivity contribution in [2.24, 2.45) is 0 Å². The van der Waals surface area contributed by atoms with E-state index in [1.165, 1.54) is 11.1 Å². The second-order valence-electron chi connectivity index (χ2n) is 2.99. The van der Waals surface area contributed by atoms with E-state index in [4.69, 9.17) is 11.6 Å². The molecular weight excluding hydrogens is 170 g/mol. The zero-order chi connectivity index (χ0) is 8.39. The molecule has 1 aromatic rings. The van der Waals surface area contributed by atoms with Crippen LogP contribution in [0.25, 0.3) is 0 Å². The molecule has 0 unspecified atom stereocenters. The first-order valence-corrected chi connectivity index (χ1v) is 4.52. The lowest BCUT2D eigenvalue weighted by Gasteiger charge is -2.03.